The van der Waals surface area contributed by atoms with Gasteiger partial charge < -0.3 is 19.5 Å². The normalized spacial score (nSPS) is 13.5. The lowest BCUT2D eigenvalue weighted by molar-refractivity contribution is -0.120. The molecule has 0 saturated carbocycles. The number of methoxy groups -OCH3 is 2. The van der Waals surface area contributed by atoms with Crippen LogP contribution in [0, 0.1) is 0 Å². The smallest absolute Gasteiger partial charge is 0.282 e. The Balaban J connectivity index is 1.75. The van der Waals surface area contributed by atoms with Gasteiger partial charge in [0.05, 0.1) is 32.1 Å². The molecule has 0 bridgehead atoms. The van der Waals surface area contributed by atoms with Gasteiger partial charge >= 0.3 is 0 Å². The predicted molar refractivity (Wildman–Crippen MR) is 129 cm³/mol. The summed E-state index contributed by atoms with van der Waals surface area (Å²) < 4.78 is 16.4. The van der Waals surface area contributed by atoms with Crippen molar-refractivity contribution in [3.05, 3.63) is 70.6 Å². The van der Waals surface area contributed by atoms with Crippen LogP contribution in [0.4, 0.5) is 11.4 Å². The lowest BCUT2D eigenvalue weighted by Gasteiger charge is -2.17. The minimum absolute atomic E-state index is 0.192. The fraction of sp³-hybridized carbons (Fsp3) is 0.200. The highest BCUT2D eigenvalue weighted by Crippen LogP contribution is 2.37. The second kappa shape index (κ2) is 9.79. The van der Waals surface area contributed by atoms with Crippen molar-refractivity contribution in [3.8, 4) is 17.2 Å². The first-order valence-electron chi connectivity index (χ1n) is 10.5. The van der Waals surface area contributed by atoms with Gasteiger partial charge in [0.2, 0.25) is 0 Å². The van der Waals surface area contributed by atoms with Gasteiger partial charge in [-0.15, -0.1) is 11.3 Å². The van der Waals surface area contributed by atoms with E-state index in [9.17, 15) is 9.59 Å². The van der Waals surface area contributed by atoms with Crippen LogP contribution in [0.1, 0.15) is 18.2 Å². The zero-order valence-corrected chi connectivity index (χ0v) is 19.4. The summed E-state index contributed by atoms with van der Waals surface area (Å²) in [6, 6.07) is 15.9. The maximum atomic E-state index is 13.5. The summed E-state index contributed by atoms with van der Waals surface area (Å²) in [5.41, 5.74) is 1.53. The molecule has 2 heterocycles. The maximum Gasteiger partial charge on any atom is 0.282 e. The first kappa shape index (κ1) is 22.4. The van der Waals surface area contributed by atoms with Crippen molar-refractivity contribution < 1.29 is 23.8 Å². The molecule has 33 heavy (non-hydrogen) atoms. The zero-order chi connectivity index (χ0) is 23.4. The summed E-state index contributed by atoms with van der Waals surface area (Å²) in [5, 5.41) is 5.01. The Morgan fingerprint density at radius 2 is 1.67 bits per heavy atom. The third-order valence-electron chi connectivity index (χ3n) is 5.02. The van der Waals surface area contributed by atoms with E-state index in [4.69, 9.17) is 14.2 Å². The second-order valence-electron chi connectivity index (χ2n) is 7.25. The summed E-state index contributed by atoms with van der Waals surface area (Å²) in [6.45, 7) is 2.56. The first-order chi connectivity index (χ1) is 16.0. The van der Waals surface area contributed by atoms with Crippen LogP contribution in [0.2, 0.25) is 0 Å². The van der Waals surface area contributed by atoms with E-state index in [-0.39, 0.29) is 5.70 Å². The van der Waals surface area contributed by atoms with Crippen molar-refractivity contribution >= 4 is 40.1 Å². The number of hydrogen-bond donors (Lipinski definition) is 1. The number of nitrogens with one attached hydrogen (secondary N) is 1. The maximum absolute atomic E-state index is 13.5. The van der Waals surface area contributed by atoms with Crippen molar-refractivity contribution in [2.75, 3.05) is 31.0 Å². The average Bonchev–Trinajstić information content (AvgIpc) is 3.44. The molecular formula is C25H24N2O5S. The fourth-order valence-electron chi connectivity index (χ4n) is 3.49. The molecule has 0 fully saturated rings. The molecule has 0 radical (unpaired) electrons. The number of amides is 2. The number of carbonyl (C=O) groups excluding carboxylic acids is 2. The standard InChI is InChI=1S/C25H24N2O5S/c1-4-10-32-18-8-5-7-17(14-18)27-24(28)22(21-9-6-11-33-21)23(25(27)29)26-16-12-19(30-2)15-20(13-16)31-3/h5-9,11-15,26H,4,10H2,1-3H3. The average molecular weight is 465 g/mol. The second-order valence-corrected chi connectivity index (χ2v) is 8.19. The molecule has 0 spiro atoms. The lowest BCUT2D eigenvalue weighted by atomic mass is 10.1. The molecule has 0 unspecified atom stereocenters. The lowest BCUT2D eigenvalue weighted by Crippen LogP contribution is -2.32. The van der Waals surface area contributed by atoms with E-state index in [0.29, 0.717) is 45.7 Å². The van der Waals surface area contributed by atoms with E-state index in [1.165, 1.54) is 16.2 Å². The minimum Gasteiger partial charge on any atom is -0.497 e. The van der Waals surface area contributed by atoms with Crippen LogP contribution in [-0.2, 0) is 9.59 Å². The Morgan fingerprint density at radius 1 is 0.909 bits per heavy atom. The molecule has 7 nitrogen and oxygen atoms in total. The minimum atomic E-state index is -0.446. The van der Waals surface area contributed by atoms with Gasteiger partial charge in [-0.2, -0.15) is 0 Å². The number of benzene rings is 2. The Hall–Kier alpha value is -3.78. The Morgan fingerprint density at radius 3 is 2.30 bits per heavy atom. The van der Waals surface area contributed by atoms with Crippen molar-refractivity contribution in [2.24, 2.45) is 0 Å². The number of ether oxygens (including phenoxy) is 3. The third kappa shape index (κ3) is 4.56. The van der Waals surface area contributed by atoms with Gasteiger partial charge in [-0.05, 0) is 30.0 Å². The number of rotatable bonds is 9. The SMILES string of the molecule is CCCOc1cccc(N2C(=O)C(Nc3cc(OC)cc(OC)c3)=C(c3cccs3)C2=O)c1. The molecule has 1 aliphatic heterocycles. The number of thiophene rings is 1. The van der Waals surface area contributed by atoms with Crippen LogP contribution >= 0.6 is 11.3 Å². The summed E-state index contributed by atoms with van der Waals surface area (Å²) in [5.74, 6) is 0.880. The monoisotopic (exact) mass is 464 g/mol. The summed E-state index contributed by atoms with van der Waals surface area (Å²) >= 11 is 1.40. The summed E-state index contributed by atoms with van der Waals surface area (Å²) in [4.78, 5) is 28.9. The van der Waals surface area contributed by atoms with Crippen LogP contribution in [0.25, 0.3) is 5.57 Å². The number of hydrogen-bond acceptors (Lipinski definition) is 7. The number of nitrogens with zero attached hydrogens (tertiary/aromatic N) is 1. The summed E-state index contributed by atoms with van der Waals surface area (Å²) in [6.07, 6.45) is 0.855. The topological polar surface area (TPSA) is 77.1 Å². The number of imide groups is 1. The van der Waals surface area contributed by atoms with Gasteiger partial charge in [-0.25, -0.2) is 4.90 Å². The predicted octanol–water partition coefficient (Wildman–Crippen LogP) is 4.95. The quantitative estimate of drug-likeness (QED) is 0.452. The van der Waals surface area contributed by atoms with E-state index >= 15 is 0 Å². The molecule has 1 aromatic heterocycles. The fourth-order valence-corrected chi connectivity index (χ4v) is 4.25. The van der Waals surface area contributed by atoms with Crippen molar-refractivity contribution in [3.63, 3.8) is 0 Å². The van der Waals surface area contributed by atoms with Crippen LogP contribution < -0.4 is 24.4 Å². The highest BCUT2D eigenvalue weighted by atomic mass is 32.1. The molecule has 2 aromatic carbocycles. The zero-order valence-electron chi connectivity index (χ0n) is 18.6. The highest BCUT2D eigenvalue weighted by molar-refractivity contribution is 7.11. The van der Waals surface area contributed by atoms with Crippen molar-refractivity contribution in [1.82, 2.24) is 0 Å². The van der Waals surface area contributed by atoms with E-state index in [2.05, 4.69) is 5.32 Å². The molecule has 3 aromatic rings. The number of carbonyl (C=O) groups is 2. The van der Waals surface area contributed by atoms with Crippen LogP contribution in [0.5, 0.6) is 17.2 Å². The highest BCUT2D eigenvalue weighted by Gasteiger charge is 2.41. The molecule has 0 atom stereocenters. The van der Waals surface area contributed by atoms with Crippen LogP contribution in [0.3, 0.4) is 0 Å². The molecular weight excluding hydrogens is 440 g/mol. The molecule has 0 saturated heterocycles. The van der Waals surface area contributed by atoms with Crippen molar-refractivity contribution in [2.45, 2.75) is 13.3 Å². The van der Waals surface area contributed by atoms with E-state index < -0.39 is 11.8 Å². The molecule has 4 rings (SSSR count). The molecule has 1 N–H and O–H groups in total. The number of anilines is 2. The van der Waals surface area contributed by atoms with Gasteiger partial charge in [0.25, 0.3) is 11.8 Å². The molecule has 170 valence electrons. The summed E-state index contributed by atoms with van der Waals surface area (Å²) in [7, 11) is 3.10. The molecule has 2 amide bonds. The van der Waals surface area contributed by atoms with Gasteiger partial charge in [-0.1, -0.05) is 19.1 Å². The van der Waals surface area contributed by atoms with E-state index in [1.807, 2.05) is 24.4 Å². The van der Waals surface area contributed by atoms with Crippen LogP contribution in [0.15, 0.2) is 65.7 Å². The van der Waals surface area contributed by atoms with E-state index in [1.54, 1.807) is 56.7 Å². The molecule has 1 aliphatic rings. The van der Waals surface area contributed by atoms with Gasteiger partial charge in [0, 0.05) is 34.8 Å². The third-order valence-corrected chi connectivity index (χ3v) is 5.91. The first-order valence-corrected chi connectivity index (χ1v) is 11.3. The van der Waals surface area contributed by atoms with Gasteiger partial charge in [0.15, 0.2) is 0 Å². The van der Waals surface area contributed by atoms with Gasteiger partial charge in [-0.3, -0.25) is 9.59 Å². The molecule has 0 aliphatic carbocycles. The van der Waals surface area contributed by atoms with Gasteiger partial charge in [0.1, 0.15) is 22.9 Å². The van der Waals surface area contributed by atoms with E-state index in [0.717, 1.165) is 6.42 Å². The Bertz CT molecular complexity index is 1180. The Labute approximate surface area is 196 Å². The van der Waals surface area contributed by atoms with Crippen LogP contribution in [-0.4, -0.2) is 32.6 Å². The largest absolute Gasteiger partial charge is 0.497 e. The Kier molecular flexibility index (Phi) is 6.65. The molecule has 8 heteroatoms. The van der Waals surface area contributed by atoms with Crippen molar-refractivity contribution in [1.29, 1.82) is 0 Å².